The van der Waals surface area contributed by atoms with E-state index in [9.17, 15) is 9.59 Å². The number of anilines is 1. The summed E-state index contributed by atoms with van der Waals surface area (Å²) in [7, 11) is 0. The number of fused-ring (bicyclic) bond motifs is 1. The van der Waals surface area contributed by atoms with E-state index in [2.05, 4.69) is 5.16 Å². The second-order valence-electron chi connectivity index (χ2n) is 6.72. The molecule has 0 unspecified atom stereocenters. The van der Waals surface area contributed by atoms with E-state index in [1.54, 1.807) is 6.07 Å². The minimum atomic E-state index is -0.204. The number of benzene rings is 1. The molecule has 3 heterocycles. The number of aromatic nitrogens is 1. The molecule has 7 nitrogen and oxygen atoms in total. The number of para-hydroxylation sites is 2. The number of nitrogens with zero attached hydrogens (tertiary/aromatic N) is 3. The summed E-state index contributed by atoms with van der Waals surface area (Å²) >= 11 is 0. The molecule has 0 saturated carbocycles. The first-order valence-electron chi connectivity index (χ1n) is 8.80. The van der Waals surface area contributed by atoms with Crippen LogP contribution in [0.15, 0.2) is 28.8 Å². The number of amides is 2. The molecule has 2 aliphatic heterocycles. The fourth-order valence-corrected chi connectivity index (χ4v) is 3.88. The largest absolute Gasteiger partial charge is 0.482 e. The zero-order chi connectivity index (χ0) is 18.3. The predicted octanol–water partition coefficient (Wildman–Crippen LogP) is 2.38. The highest BCUT2D eigenvalue weighted by molar-refractivity contribution is 6.02. The number of ether oxygens (including phenoxy) is 1. The highest BCUT2D eigenvalue weighted by Gasteiger charge is 2.36. The van der Waals surface area contributed by atoms with E-state index < -0.39 is 0 Å². The Morgan fingerprint density at radius 3 is 2.88 bits per heavy atom. The Balaban J connectivity index is 1.57. The summed E-state index contributed by atoms with van der Waals surface area (Å²) in [6.07, 6.45) is 1.80. The third-order valence-corrected chi connectivity index (χ3v) is 5.10. The molecule has 4 rings (SSSR count). The van der Waals surface area contributed by atoms with Gasteiger partial charge in [0.05, 0.1) is 17.4 Å². The van der Waals surface area contributed by atoms with Crippen LogP contribution >= 0.6 is 0 Å². The summed E-state index contributed by atoms with van der Waals surface area (Å²) in [5, 5.41) is 4.02. The number of rotatable bonds is 3. The lowest BCUT2D eigenvalue weighted by Gasteiger charge is -2.32. The Hall–Kier alpha value is -2.83. The van der Waals surface area contributed by atoms with Gasteiger partial charge < -0.3 is 14.2 Å². The van der Waals surface area contributed by atoms with Gasteiger partial charge in [-0.2, -0.15) is 0 Å². The molecule has 1 fully saturated rings. The second kappa shape index (κ2) is 6.48. The topological polar surface area (TPSA) is 75.9 Å². The summed E-state index contributed by atoms with van der Waals surface area (Å²) in [4.78, 5) is 28.7. The highest BCUT2D eigenvalue weighted by Crippen LogP contribution is 2.36. The van der Waals surface area contributed by atoms with Crippen molar-refractivity contribution in [2.75, 3.05) is 24.6 Å². The van der Waals surface area contributed by atoms with E-state index in [-0.39, 0.29) is 31.0 Å². The minimum Gasteiger partial charge on any atom is -0.482 e. The van der Waals surface area contributed by atoms with E-state index in [0.717, 1.165) is 29.9 Å². The first-order valence-corrected chi connectivity index (χ1v) is 8.80. The van der Waals surface area contributed by atoms with E-state index >= 15 is 0 Å². The third kappa shape index (κ3) is 2.73. The Labute approximate surface area is 151 Å². The van der Waals surface area contributed by atoms with Crippen LogP contribution in [0.5, 0.6) is 5.75 Å². The smallest absolute Gasteiger partial charge is 0.265 e. The van der Waals surface area contributed by atoms with Gasteiger partial charge in [0, 0.05) is 12.1 Å². The van der Waals surface area contributed by atoms with Crippen LogP contribution in [0.1, 0.15) is 35.9 Å². The molecule has 0 radical (unpaired) electrons. The van der Waals surface area contributed by atoms with Gasteiger partial charge in [0.25, 0.3) is 5.91 Å². The highest BCUT2D eigenvalue weighted by atomic mass is 16.5. The standard InChI is InChI=1S/C19H21N3O4/c1-12-19(13(2)26-20-12)15-7-5-9-21(15)17(23)10-22-14-6-3-4-8-16(14)25-11-18(22)24/h3-4,6,8,15H,5,7,9-11H2,1-2H3/t15-/m1/s1. The molecule has 0 aliphatic carbocycles. The van der Waals surface area contributed by atoms with Gasteiger partial charge in [-0.25, -0.2) is 0 Å². The van der Waals surface area contributed by atoms with Crippen molar-refractivity contribution < 1.29 is 18.8 Å². The molecule has 2 aromatic rings. The molecule has 1 aromatic heterocycles. The Kier molecular flexibility index (Phi) is 4.14. The summed E-state index contributed by atoms with van der Waals surface area (Å²) in [5.41, 5.74) is 2.45. The number of aryl methyl sites for hydroxylation is 2. The number of hydrogen-bond donors (Lipinski definition) is 0. The maximum absolute atomic E-state index is 13.0. The first-order chi connectivity index (χ1) is 12.6. The van der Waals surface area contributed by atoms with Gasteiger partial charge in [-0.3, -0.25) is 14.5 Å². The average Bonchev–Trinajstić information content (AvgIpc) is 3.23. The zero-order valence-corrected chi connectivity index (χ0v) is 14.9. The lowest BCUT2D eigenvalue weighted by Crippen LogP contribution is -2.46. The van der Waals surface area contributed by atoms with E-state index in [4.69, 9.17) is 9.26 Å². The fraction of sp³-hybridized carbons (Fsp3) is 0.421. The van der Waals surface area contributed by atoms with Crippen molar-refractivity contribution in [3.05, 3.63) is 41.3 Å². The second-order valence-corrected chi connectivity index (χ2v) is 6.72. The maximum atomic E-state index is 13.0. The number of carbonyl (C=O) groups excluding carboxylic acids is 2. The van der Waals surface area contributed by atoms with Crippen LogP contribution in [0, 0.1) is 13.8 Å². The van der Waals surface area contributed by atoms with Crippen molar-refractivity contribution in [1.82, 2.24) is 10.1 Å². The van der Waals surface area contributed by atoms with Gasteiger partial charge in [0.1, 0.15) is 18.1 Å². The van der Waals surface area contributed by atoms with Gasteiger partial charge >= 0.3 is 0 Å². The normalized spacial score (nSPS) is 19.5. The van der Waals surface area contributed by atoms with E-state index in [0.29, 0.717) is 18.0 Å². The zero-order valence-electron chi connectivity index (χ0n) is 14.9. The van der Waals surface area contributed by atoms with Crippen molar-refractivity contribution in [3.63, 3.8) is 0 Å². The minimum absolute atomic E-state index is 0.0130. The van der Waals surface area contributed by atoms with Gasteiger partial charge in [-0.15, -0.1) is 0 Å². The Morgan fingerprint density at radius 1 is 1.31 bits per heavy atom. The summed E-state index contributed by atoms with van der Waals surface area (Å²) in [6.45, 7) is 4.41. The molecule has 0 bridgehead atoms. The molecule has 0 N–H and O–H groups in total. The van der Waals surface area contributed by atoms with Crippen LogP contribution in [-0.2, 0) is 9.59 Å². The van der Waals surface area contributed by atoms with Crippen molar-refractivity contribution in [2.24, 2.45) is 0 Å². The Bertz CT molecular complexity index is 841. The molecule has 2 aliphatic rings. The van der Waals surface area contributed by atoms with Gasteiger partial charge in [-0.1, -0.05) is 17.3 Å². The molecule has 0 spiro atoms. The molecule has 26 heavy (non-hydrogen) atoms. The SMILES string of the molecule is Cc1noc(C)c1[C@H]1CCCN1C(=O)CN1C(=O)COc2ccccc21. The van der Waals surface area contributed by atoms with Crippen LogP contribution in [0.25, 0.3) is 0 Å². The molecule has 2 amide bonds. The predicted molar refractivity (Wildman–Crippen MR) is 94.0 cm³/mol. The van der Waals surface area contributed by atoms with Crippen LogP contribution in [0.2, 0.25) is 0 Å². The molecule has 1 aromatic carbocycles. The molecular weight excluding hydrogens is 334 g/mol. The maximum Gasteiger partial charge on any atom is 0.265 e. The van der Waals surface area contributed by atoms with E-state index in [1.807, 2.05) is 36.9 Å². The number of likely N-dealkylation sites (tertiary alicyclic amines) is 1. The number of carbonyl (C=O) groups is 2. The van der Waals surface area contributed by atoms with Crippen LogP contribution in [0.4, 0.5) is 5.69 Å². The van der Waals surface area contributed by atoms with Crippen LogP contribution < -0.4 is 9.64 Å². The monoisotopic (exact) mass is 355 g/mol. The molecule has 136 valence electrons. The van der Waals surface area contributed by atoms with Crippen molar-refractivity contribution >= 4 is 17.5 Å². The van der Waals surface area contributed by atoms with Crippen molar-refractivity contribution in [3.8, 4) is 5.75 Å². The van der Waals surface area contributed by atoms with E-state index in [1.165, 1.54) is 4.90 Å². The molecular formula is C19H21N3O4. The van der Waals surface area contributed by atoms with Gasteiger partial charge in [0.15, 0.2) is 6.61 Å². The van der Waals surface area contributed by atoms with Crippen molar-refractivity contribution in [1.29, 1.82) is 0 Å². The summed E-state index contributed by atoms with van der Waals surface area (Å²) in [6, 6.07) is 7.25. The lowest BCUT2D eigenvalue weighted by atomic mass is 10.0. The molecule has 1 saturated heterocycles. The lowest BCUT2D eigenvalue weighted by molar-refractivity contribution is -0.132. The quantitative estimate of drug-likeness (QED) is 0.845. The molecule has 7 heteroatoms. The fourth-order valence-electron chi connectivity index (χ4n) is 3.88. The summed E-state index contributed by atoms with van der Waals surface area (Å²) in [5.74, 6) is 1.10. The van der Waals surface area contributed by atoms with Gasteiger partial charge in [-0.05, 0) is 38.8 Å². The van der Waals surface area contributed by atoms with Crippen LogP contribution in [-0.4, -0.2) is 41.6 Å². The third-order valence-electron chi connectivity index (χ3n) is 5.10. The average molecular weight is 355 g/mol. The summed E-state index contributed by atoms with van der Waals surface area (Å²) < 4.78 is 10.7. The van der Waals surface area contributed by atoms with Crippen molar-refractivity contribution in [2.45, 2.75) is 32.7 Å². The Morgan fingerprint density at radius 2 is 2.12 bits per heavy atom. The first kappa shape index (κ1) is 16.6. The number of hydrogen-bond acceptors (Lipinski definition) is 5. The van der Waals surface area contributed by atoms with Gasteiger partial charge in [0.2, 0.25) is 5.91 Å². The molecule has 1 atom stereocenters. The van der Waals surface area contributed by atoms with Crippen LogP contribution in [0.3, 0.4) is 0 Å².